The maximum Gasteiger partial charge on any atom is 0.473 e. The molecule has 0 aliphatic rings. The molecular weight excluding hydrogens is 443 g/mol. The second-order valence-electron chi connectivity index (χ2n) is 8.20. The van der Waals surface area contributed by atoms with Crippen molar-refractivity contribution in [2.24, 2.45) is 4.99 Å². The number of halogens is 3. The molecule has 0 radical (unpaired) electrons. The fourth-order valence-corrected chi connectivity index (χ4v) is 4.19. The largest absolute Gasteiger partial charge is 0.473 e. The minimum Gasteiger partial charge on any atom is -0.465 e. The molecule has 0 saturated carbocycles. The summed E-state index contributed by atoms with van der Waals surface area (Å²) >= 11 is 0.861. The molecule has 1 aromatic heterocycles. The number of hydrogen-bond donors (Lipinski definition) is 1. The van der Waals surface area contributed by atoms with Crippen LogP contribution in [0.2, 0.25) is 0 Å². The van der Waals surface area contributed by atoms with E-state index in [0.29, 0.717) is 4.88 Å². The molecule has 1 heterocycles. The Balaban J connectivity index is 2.08. The molecule has 0 atom stereocenters. The van der Waals surface area contributed by atoms with Crippen LogP contribution in [0.4, 0.5) is 18.0 Å². The average molecular weight is 465 g/mol. The van der Waals surface area contributed by atoms with Gasteiger partial charge in [0.05, 0.1) is 13.1 Å². The fraction of sp³-hybridized carbons (Fsp3) is 0.318. The summed E-state index contributed by atoms with van der Waals surface area (Å²) in [5.41, 5.74) is 0.106. The standard InChI is InChI=1S/C22H22F3N3O3S/c1-21(2,3)28(20(30)31)13-16-12-27(19(32-16)26-18(29)22(23,24)25)11-15-9-6-8-14-7-4-5-10-17(14)15/h4-10,12H,11,13H2,1-3H3,(H,30,31). The van der Waals surface area contributed by atoms with Crippen molar-refractivity contribution in [3.8, 4) is 0 Å². The van der Waals surface area contributed by atoms with E-state index in [1.165, 1.54) is 9.47 Å². The molecule has 32 heavy (non-hydrogen) atoms. The van der Waals surface area contributed by atoms with Crippen molar-refractivity contribution < 1.29 is 27.9 Å². The highest BCUT2D eigenvalue weighted by Crippen LogP contribution is 2.22. The lowest BCUT2D eigenvalue weighted by molar-refractivity contribution is -0.169. The molecule has 170 valence electrons. The first kappa shape index (κ1) is 23.5. The number of carboxylic acid groups (broad SMARTS) is 1. The van der Waals surface area contributed by atoms with Crippen molar-refractivity contribution in [3.63, 3.8) is 0 Å². The van der Waals surface area contributed by atoms with Crippen LogP contribution in [0.25, 0.3) is 10.8 Å². The van der Waals surface area contributed by atoms with Gasteiger partial charge < -0.3 is 9.67 Å². The van der Waals surface area contributed by atoms with Crippen LogP contribution in [-0.4, -0.2) is 38.3 Å². The number of thiazole rings is 1. The van der Waals surface area contributed by atoms with Gasteiger partial charge in [-0.05, 0) is 37.1 Å². The third-order valence-corrected chi connectivity index (χ3v) is 5.79. The summed E-state index contributed by atoms with van der Waals surface area (Å²) in [4.78, 5) is 28.0. The van der Waals surface area contributed by atoms with Gasteiger partial charge in [-0.15, -0.1) is 0 Å². The number of hydrogen-bond acceptors (Lipinski definition) is 3. The van der Waals surface area contributed by atoms with Crippen LogP contribution in [0.3, 0.4) is 0 Å². The highest BCUT2D eigenvalue weighted by atomic mass is 32.1. The van der Waals surface area contributed by atoms with E-state index in [1.54, 1.807) is 27.0 Å². The van der Waals surface area contributed by atoms with Crippen LogP contribution >= 0.6 is 11.3 Å². The predicted molar refractivity (Wildman–Crippen MR) is 115 cm³/mol. The molecule has 0 bridgehead atoms. The van der Waals surface area contributed by atoms with Crippen LogP contribution in [-0.2, 0) is 17.9 Å². The van der Waals surface area contributed by atoms with Crippen molar-refractivity contribution in [2.75, 3.05) is 0 Å². The van der Waals surface area contributed by atoms with Gasteiger partial charge in [0.25, 0.3) is 0 Å². The summed E-state index contributed by atoms with van der Waals surface area (Å²) in [5.74, 6) is -2.21. The number of nitrogens with zero attached hydrogens (tertiary/aromatic N) is 3. The van der Waals surface area contributed by atoms with Gasteiger partial charge in [-0.1, -0.05) is 53.8 Å². The highest BCUT2D eigenvalue weighted by Gasteiger charge is 2.38. The molecule has 0 unspecified atom stereocenters. The second kappa shape index (κ2) is 8.78. The predicted octanol–water partition coefficient (Wildman–Crippen LogP) is 5.02. The van der Waals surface area contributed by atoms with E-state index in [-0.39, 0.29) is 17.9 Å². The number of rotatable bonds is 4. The summed E-state index contributed by atoms with van der Waals surface area (Å²) in [6, 6.07) is 13.2. The summed E-state index contributed by atoms with van der Waals surface area (Å²) in [6.45, 7) is 5.28. The third kappa shape index (κ3) is 5.37. The van der Waals surface area contributed by atoms with Crippen molar-refractivity contribution in [1.29, 1.82) is 0 Å². The van der Waals surface area contributed by atoms with Gasteiger partial charge in [-0.2, -0.15) is 18.2 Å². The van der Waals surface area contributed by atoms with Crippen LogP contribution in [0, 0.1) is 0 Å². The molecule has 3 rings (SSSR count). The number of amides is 2. The lowest BCUT2D eigenvalue weighted by Gasteiger charge is -2.32. The van der Waals surface area contributed by atoms with Gasteiger partial charge in [-0.25, -0.2) is 4.79 Å². The number of benzene rings is 2. The first-order valence-corrected chi connectivity index (χ1v) is 10.5. The van der Waals surface area contributed by atoms with Crippen molar-refractivity contribution in [3.05, 3.63) is 63.9 Å². The molecule has 0 aliphatic carbocycles. The molecular formula is C22H22F3N3O3S. The zero-order chi connectivity index (χ0) is 23.7. The smallest absolute Gasteiger partial charge is 0.465 e. The van der Waals surface area contributed by atoms with Crippen molar-refractivity contribution in [2.45, 2.75) is 45.6 Å². The summed E-state index contributed by atoms with van der Waals surface area (Å²) in [5, 5.41) is 11.4. The molecule has 0 saturated heterocycles. The minimum absolute atomic E-state index is 0.0469. The molecule has 0 aliphatic heterocycles. The fourth-order valence-electron chi connectivity index (χ4n) is 3.22. The molecule has 0 fully saturated rings. The van der Waals surface area contributed by atoms with E-state index in [0.717, 1.165) is 27.7 Å². The van der Waals surface area contributed by atoms with Gasteiger partial charge in [-0.3, -0.25) is 9.69 Å². The maximum atomic E-state index is 12.8. The Kier molecular flexibility index (Phi) is 6.45. The van der Waals surface area contributed by atoms with Crippen LogP contribution < -0.4 is 4.80 Å². The average Bonchev–Trinajstić information content (AvgIpc) is 3.05. The molecule has 3 aromatic rings. The number of alkyl halides is 3. The van der Waals surface area contributed by atoms with Gasteiger partial charge in [0, 0.05) is 16.6 Å². The van der Waals surface area contributed by atoms with Crippen molar-refractivity contribution in [1.82, 2.24) is 9.47 Å². The van der Waals surface area contributed by atoms with Crippen LogP contribution in [0.1, 0.15) is 31.2 Å². The Hall–Kier alpha value is -3.14. The van der Waals surface area contributed by atoms with E-state index in [2.05, 4.69) is 4.99 Å². The summed E-state index contributed by atoms with van der Waals surface area (Å²) in [6.07, 6.45) is -4.70. The zero-order valence-electron chi connectivity index (χ0n) is 17.7. The summed E-state index contributed by atoms with van der Waals surface area (Å²) < 4.78 is 40.0. The third-order valence-electron chi connectivity index (χ3n) is 4.78. The maximum absolute atomic E-state index is 12.8. The molecule has 2 aromatic carbocycles. The quantitative estimate of drug-likeness (QED) is 0.588. The molecule has 6 nitrogen and oxygen atoms in total. The molecule has 2 amide bonds. The van der Waals surface area contributed by atoms with Crippen LogP contribution in [0.15, 0.2) is 53.7 Å². The number of aromatic nitrogens is 1. The zero-order valence-corrected chi connectivity index (χ0v) is 18.5. The minimum atomic E-state index is -5.10. The molecule has 10 heteroatoms. The van der Waals surface area contributed by atoms with E-state index in [4.69, 9.17) is 0 Å². The lowest BCUT2D eigenvalue weighted by Crippen LogP contribution is -2.44. The monoisotopic (exact) mass is 465 g/mol. The van der Waals surface area contributed by atoms with E-state index in [9.17, 15) is 27.9 Å². The Bertz CT molecular complexity index is 1220. The Morgan fingerprint density at radius 1 is 1.09 bits per heavy atom. The highest BCUT2D eigenvalue weighted by molar-refractivity contribution is 7.09. The van der Waals surface area contributed by atoms with Gasteiger partial charge in [0.15, 0.2) is 4.80 Å². The first-order valence-electron chi connectivity index (χ1n) is 9.68. The Labute approximate surface area is 186 Å². The number of fused-ring (bicyclic) bond motifs is 1. The topological polar surface area (TPSA) is 74.9 Å². The molecule has 1 N–H and O–H groups in total. The van der Waals surface area contributed by atoms with E-state index >= 15 is 0 Å². The molecule has 0 spiro atoms. The second-order valence-corrected chi connectivity index (χ2v) is 9.29. The Morgan fingerprint density at radius 3 is 2.38 bits per heavy atom. The first-order chi connectivity index (χ1) is 14.9. The lowest BCUT2D eigenvalue weighted by atomic mass is 10.0. The van der Waals surface area contributed by atoms with Crippen molar-refractivity contribution >= 4 is 34.1 Å². The van der Waals surface area contributed by atoms with E-state index in [1.807, 2.05) is 42.5 Å². The van der Waals surface area contributed by atoms with Gasteiger partial charge in [0.2, 0.25) is 0 Å². The van der Waals surface area contributed by atoms with E-state index < -0.39 is 23.7 Å². The van der Waals surface area contributed by atoms with Gasteiger partial charge in [0.1, 0.15) is 0 Å². The van der Waals surface area contributed by atoms with Gasteiger partial charge >= 0.3 is 18.2 Å². The Morgan fingerprint density at radius 2 is 1.75 bits per heavy atom. The number of carbonyl (C=O) groups is 2. The SMILES string of the molecule is CC(C)(C)N(Cc1cn(Cc2cccc3ccccc23)c(=NC(=O)C(F)(F)F)s1)C(=O)O. The number of carbonyl (C=O) groups excluding carboxylic acids is 1. The summed E-state index contributed by atoms with van der Waals surface area (Å²) in [7, 11) is 0. The van der Waals surface area contributed by atoms with Crippen LogP contribution in [0.5, 0.6) is 0 Å². The normalized spacial score (nSPS) is 12.9.